The molecule has 2 aliphatic heterocycles. The summed E-state index contributed by atoms with van der Waals surface area (Å²) in [6.07, 6.45) is 5.62. The van der Waals surface area contributed by atoms with E-state index in [4.69, 9.17) is 0 Å². The summed E-state index contributed by atoms with van der Waals surface area (Å²) in [6, 6.07) is 6.57. The van der Waals surface area contributed by atoms with Crippen molar-refractivity contribution in [3.8, 4) is 0 Å². The average molecular weight is 370 g/mol. The van der Waals surface area contributed by atoms with Crippen LogP contribution in [0.2, 0.25) is 0 Å². The maximum Gasteiger partial charge on any atom is 0.289 e. The lowest BCUT2D eigenvalue weighted by molar-refractivity contribution is -0.146. The second-order valence-electron chi connectivity index (χ2n) is 7.54. The molecule has 2 saturated heterocycles. The molecule has 0 N–H and O–H groups in total. The zero-order chi connectivity index (χ0) is 19.0. The zero-order valence-electron chi connectivity index (χ0n) is 15.4. The quantitative estimate of drug-likeness (QED) is 0.832. The average Bonchev–Trinajstić information content (AvgIpc) is 3.28. The van der Waals surface area contributed by atoms with Crippen LogP contribution in [-0.2, 0) is 18.4 Å². The van der Waals surface area contributed by atoms with E-state index in [1.54, 1.807) is 52.0 Å². The molecular formula is C20H23FN4O2. The van der Waals surface area contributed by atoms with E-state index in [1.807, 2.05) is 0 Å². The van der Waals surface area contributed by atoms with Crippen molar-refractivity contribution in [1.29, 1.82) is 0 Å². The molecule has 6 nitrogen and oxygen atoms in total. The Labute approximate surface area is 157 Å². The van der Waals surface area contributed by atoms with Crippen LogP contribution in [0.4, 0.5) is 4.39 Å². The highest BCUT2D eigenvalue weighted by Crippen LogP contribution is 2.41. The number of imidazole rings is 1. The minimum Gasteiger partial charge on any atom is -0.338 e. The van der Waals surface area contributed by atoms with E-state index in [1.165, 1.54) is 6.07 Å². The highest BCUT2D eigenvalue weighted by atomic mass is 19.1. The lowest BCUT2D eigenvalue weighted by Gasteiger charge is -2.39. The number of carbonyl (C=O) groups is 2. The third-order valence-corrected chi connectivity index (χ3v) is 5.80. The molecule has 0 saturated carbocycles. The Bertz CT molecular complexity index is 880. The molecule has 1 aromatic carbocycles. The number of nitrogens with zero attached hydrogens (tertiary/aromatic N) is 4. The standard InChI is InChI=1S/C20H23FN4O2/c1-23-12-9-22-17(23)18(26)25-11-8-20(14-25)7-4-10-24(19(20)27)13-15-5-2-3-6-16(15)21/h2-3,5-6,9,12H,4,7-8,10-11,13-14H2,1H3. The Hall–Kier alpha value is -2.70. The summed E-state index contributed by atoms with van der Waals surface area (Å²) < 4.78 is 15.7. The molecule has 7 heteroatoms. The van der Waals surface area contributed by atoms with Crippen LogP contribution in [0.5, 0.6) is 0 Å². The van der Waals surface area contributed by atoms with Gasteiger partial charge in [0.05, 0.1) is 5.41 Å². The van der Waals surface area contributed by atoms with Gasteiger partial charge in [-0.2, -0.15) is 0 Å². The minimum absolute atomic E-state index is 0.0344. The zero-order valence-corrected chi connectivity index (χ0v) is 15.4. The summed E-state index contributed by atoms with van der Waals surface area (Å²) in [5.41, 5.74) is -0.0218. The number of aromatic nitrogens is 2. The molecule has 4 rings (SSSR count). The van der Waals surface area contributed by atoms with Crippen molar-refractivity contribution in [1.82, 2.24) is 19.4 Å². The number of amides is 2. The fraction of sp³-hybridized carbons (Fsp3) is 0.450. The number of likely N-dealkylation sites (tertiary alicyclic amines) is 2. The van der Waals surface area contributed by atoms with Crippen LogP contribution in [0.15, 0.2) is 36.7 Å². The van der Waals surface area contributed by atoms with Crippen LogP contribution in [0.1, 0.15) is 35.4 Å². The molecule has 2 aromatic rings. The highest BCUT2D eigenvalue weighted by Gasteiger charge is 2.49. The number of hydrogen-bond acceptors (Lipinski definition) is 3. The van der Waals surface area contributed by atoms with Crippen molar-refractivity contribution in [2.75, 3.05) is 19.6 Å². The van der Waals surface area contributed by atoms with Gasteiger partial charge in [0.1, 0.15) is 5.82 Å². The second kappa shape index (κ2) is 6.79. The minimum atomic E-state index is -0.551. The molecule has 2 fully saturated rings. The SMILES string of the molecule is Cn1ccnc1C(=O)N1CCC2(CCCN(Cc3ccccc3F)C2=O)C1. The van der Waals surface area contributed by atoms with Gasteiger partial charge in [-0.05, 0) is 25.3 Å². The van der Waals surface area contributed by atoms with Gasteiger partial charge in [-0.15, -0.1) is 0 Å². The van der Waals surface area contributed by atoms with E-state index in [0.29, 0.717) is 37.4 Å². The normalized spacial score (nSPS) is 22.7. The van der Waals surface area contributed by atoms with Crippen LogP contribution < -0.4 is 0 Å². The van der Waals surface area contributed by atoms with Crippen molar-refractivity contribution in [3.63, 3.8) is 0 Å². The molecule has 1 atom stereocenters. The van der Waals surface area contributed by atoms with Gasteiger partial charge in [-0.25, -0.2) is 9.37 Å². The van der Waals surface area contributed by atoms with E-state index in [-0.39, 0.29) is 24.2 Å². The summed E-state index contributed by atoms with van der Waals surface area (Å²) in [6.45, 7) is 1.86. The van der Waals surface area contributed by atoms with Gasteiger partial charge in [-0.1, -0.05) is 18.2 Å². The van der Waals surface area contributed by atoms with E-state index < -0.39 is 5.41 Å². The molecule has 2 aliphatic rings. The van der Waals surface area contributed by atoms with Gasteiger partial charge in [0.15, 0.2) is 5.82 Å². The van der Waals surface area contributed by atoms with Crippen LogP contribution in [0, 0.1) is 11.2 Å². The summed E-state index contributed by atoms with van der Waals surface area (Å²) in [5, 5.41) is 0. The summed E-state index contributed by atoms with van der Waals surface area (Å²) in [5.74, 6) is -0.00741. The Balaban J connectivity index is 1.50. The number of aryl methyl sites for hydroxylation is 1. The maximum absolute atomic E-state index is 14.0. The van der Waals surface area contributed by atoms with Crippen molar-refractivity contribution in [3.05, 3.63) is 53.9 Å². The number of halogens is 1. The summed E-state index contributed by atoms with van der Waals surface area (Å²) >= 11 is 0. The third kappa shape index (κ3) is 3.11. The van der Waals surface area contributed by atoms with Crippen molar-refractivity contribution < 1.29 is 14.0 Å². The molecule has 1 spiro atoms. The predicted molar refractivity (Wildman–Crippen MR) is 97.2 cm³/mol. The topological polar surface area (TPSA) is 58.4 Å². The first-order chi connectivity index (χ1) is 13.0. The monoisotopic (exact) mass is 370 g/mol. The van der Waals surface area contributed by atoms with Crippen molar-refractivity contribution in [2.24, 2.45) is 12.5 Å². The van der Waals surface area contributed by atoms with E-state index in [2.05, 4.69) is 4.98 Å². The lowest BCUT2D eigenvalue weighted by atomic mass is 9.78. The largest absolute Gasteiger partial charge is 0.338 e. The Morgan fingerprint density at radius 3 is 2.81 bits per heavy atom. The van der Waals surface area contributed by atoms with Gasteiger partial charge in [-0.3, -0.25) is 9.59 Å². The van der Waals surface area contributed by atoms with Crippen LogP contribution in [0.25, 0.3) is 0 Å². The summed E-state index contributed by atoms with van der Waals surface area (Å²) in [4.78, 5) is 33.6. The predicted octanol–water partition coefficient (Wildman–Crippen LogP) is 2.21. The molecule has 3 heterocycles. The molecule has 0 aliphatic carbocycles. The molecule has 0 radical (unpaired) electrons. The van der Waals surface area contributed by atoms with Gasteiger partial charge in [0, 0.05) is 51.2 Å². The van der Waals surface area contributed by atoms with Crippen molar-refractivity contribution >= 4 is 11.8 Å². The first kappa shape index (κ1) is 17.7. The smallest absolute Gasteiger partial charge is 0.289 e. The van der Waals surface area contributed by atoms with Gasteiger partial charge in [0.25, 0.3) is 5.91 Å². The summed E-state index contributed by atoms with van der Waals surface area (Å²) in [7, 11) is 1.79. The molecule has 1 aromatic heterocycles. The fourth-order valence-electron chi connectivity index (χ4n) is 4.27. The molecule has 142 valence electrons. The Kier molecular flexibility index (Phi) is 4.45. The van der Waals surface area contributed by atoms with Gasteiger partial charge in [0.2, 0.25) is 5.91 Å². The molecule has 2 amide bonds. The van der Waals surface area contributed by atoms with Crippen LogP contribution >= 0.6 is 0 Å². The van der Waals surface area contributed by atoms with E-state index in [9.17, 15) is 14.0 Å². The van der Waals surface area contributed by atoms with E-state index in [0.717, 1.165) is 12.8 Å². The molecule has 0 bridgehead atoms. The first-order valence-electron chi connectivity index (χ1n) is 9.30. The number of hydrogen-bond donors (Lipinski definition) is 0. The van der Waals surface area contributed by atoms with E-state index >= 15 is 0 Å². The molecule has 1 unspecified atom stereocenters. The van der Waals surface area contributed by atoms with Gasteiger partial charge < -0.3 is 14.4 Å². The van der Waals surface area contributed by atoms with Crippen molar-refractivity contribution in [2.45, 2.75) is 25.8 Å². The number of carbonyl (C=O) groups excluding carboxylic acids is 2. The third-order valence-electron chi connectivity index (χ3n) is 5.80. The highest BCUT2D eigenvalue weighted by molar-refractivity contribution is 5.92. The molecule has 27 heavy (non-hydrogen) atoms. The van der Waals surface area contributed by atoms with Gasteiger partial charge >= 0.3 is 0 Å². The Morgan fingerprint density at radius 2 is 2.07 bits per heavy atom. The lowest BCUT2D eigenvalue weighted by Crippen LogP contribution is -2.50. The number of piperidine rings is 1. The maximum atomic E-state index is 14.0. The van der Waals surface area contributed by atoms with Crippen LogP contribution in [-0.4, -0.2) is 50.8 Å². The number of rotatable bonds is 3. The first-order valence-corrected chi connectivity index (χ1v) is 9.30. The molecular weight excluding hydrogens is 347 g/mol. The Morgan fingerprint density at radius 1 is 1.26 bits per heavy atom. The second-order valence-corrected chi connectivity index (χ2v) is 7.54. The van der Waals surface area contributed by atoms with Crippen LogP contribution in [0.3, 0.4) is 0 Å². The number of benzene rings is 1. The fourth-order valence-corrected chi connectivity index (χ4v) is 4.27.